The number of dihydropyridines is 1. The molecule has 0 N–H and O–H groups in total. The summed E-state index contributed by atoms with van der Waals surface area (Å²) < 4.78 is 0. The van der Waals surface area contributed by atoms with Crippen LogP contribution in [0.25, 0.3) is 0 Å². The number of nitro groups is 1. The number of rotatable bonds is 1. The largest absolute Gasteiger partial charge is 0.272 e. The molecule has 1 unspecified atom stereocenters. The summed E-state index contributed by atoms with van der Waals surface area (Å²) in [6.45, 7) is 0. The first-order valence-electron chi connectivity index (χ1n) is 4.01. The second-order valence-corrected chi connectivity index (χ2v) is 2.94. The van der Waals surface area contributed by atoms with Crippen LogP contribution < -0.4 is 0 Å². The van der Waals surface area contributed by atoms with Gasteiger partial charge in [0.05, 0.1) is 10.8 Å². The molecule has 5 heteroatoms. The molecule has 0 aromatic heterocycles. The summed E-state index contributed by atoms with van der Waals surface area (Å²) in [5, 5.41) is 10.5. The third-order valence-electron chi connectivity index (χ3n) is 2.09. The maximum absolute atomic E-state index is 11.3. The lowest BCUT2D eigenvalue weighted by atomic mass is 9.91. The highest BCUT2D eigenvalue weighted by Gasteiger charge is 2.27. The number of hydrogen-bond donors (Lipinski definition) is 0. The van der Waals surface area contributed by atoms with Crippen LogP contribution in [-0.2, 0) is 4.79 Å². The molecule has 1 amide bonds. The zero-order valence-electron chi connectivity index (χ0n) is 7.08. The van der Waals surface area contributed by atoms with Crippen molar-refractivity contribution in [3.05, 3.63) is 45.7 Å². The molecule has 0 bridgehead atoms. The fourth-order valence-corrected chi connectivity index (χ4v) is 1.38. The van der Waals surface area contributed by atoms with Crippen molar-refractivity contribution in [2.45, 2.75) is 0 Å². The van der Waals surface area contributed by atoms with Crippen molar-refractivity contribution < 1.29 is 9.72 Å². The zero-order valence-corrected chi connectivity index (χ0v) is 7.08. The van der Waals surface area contributed by atoms with Crippen molar-refractivity contribution in [1.82, 2.24) is 0 Å². The molecule has 1 aliphatic heterocycles. The fraction of sp³-hybridized carbons (Fsp3) is 0.111. The number of aliphatic imine (C=N–C) groups is 1. The van der Waals surface area contributed by atoms with Gasteiger partial charge in [-0.25, -0.2) is 4.99 Å². The normalized spacial score (nSPS) is 24.0. The highest BCUT2D eigenvalue weighted by atomic mass is 16.6. The van der Waals surface area contributed by atoms with Gasteiger partial charge in [0.1, 0.15) is 0 Å². The summed E-state index contributed by atoms with van der Waals surface area (Å²) in [5.74, 6) is -0.934. The molecule has 1 atom stereocenters. The zero-order chi connectivity index (χ0) is 10.1. The Morgan fingerprint density at radius 3 is 2.93 bits per heavy atom. The molecule has 0 saturated carbocycles. The van der Waals surface area contributed by atoms with Crippen molar-refractivity contribution in [2.75, 3.05) is 0 Å². The first-order valence-corrected chi connectivity index (χ1v) is 4.01. The predicted octanol–water partition coefficient (Wildman–Crippen LogP) is 0.870. The summed E-state index contributed by atoms with van der Waals surface area (Å²) in [6, 6.07) is 0. The molecule has 5 nitrogen and oxygen atoms in total. The summed E-state index contributed by atoms with van der Waals surface area (Å²) in [6.07, 6.45) is 7.37. The summed E-state index contributed by atoms with van der Waals surface area (Å²) in [4.78, 5) is 24.8. The number of carbonyl (C=O) groups excluding carboxylic acids is 1. The molecule has 1 heterocycles. The molecule has 1 aliphatic carbocycles. The molecule has 2 rings (SSSR count). The fourth-order valence-electron chi connectivity index (χ4n) is 1.38. The Morgan fingerprint density at radius 2 is 2.21 bits per heavy atom. The topological polar surface area (TPSA) is 72.6 Å². The molecule has 70 valence electrons. The van der Waals surface area contributed by atoms with E-state index in [0.717, 1.165) is 5.57 Å². The van der Waals surface area contributed by atoms with E-state index in [1.807, 2.05) is 0 Å². The van der Waals surface area contributed by atoms with E-state index in [9.17, 15) is 14.9 Å². The maximum atomic E-state index is 11.3. The molecule has 0 saturated heterocycles. The molecular formula is C9H6N2O3. The van der Waals surface area contributed by atoms with E-state index in [4.69, 9.17) is 0 Å². The molecule has 0 spiro atoms. The summed E-state index contributed by atoms with van der Waals surface area (Å²) >= 11 is 0. The van der Waals surface area contributed by atoms with Crippen LogP contribution in [0, 0.1) is 16.0 Å². The monoisotopic (exact) mass is 190 g/mol. The molecule has 14 heavy (non-hydrogen) atoms. The maximum Gasteiger partial charge on any atom is 0.266 e. The lowest BCUT2D eigenvalue weighted by Gasteiger charge is -2.15. The van der Waals surface area contributed by atoms with Gasteiger partial charge in [0.2, 0.25) is 0 Å². The van der Waals surface area contributed by atoms with E-state index in [2.05, 4.69) is 4.99 Å². The minimum atomic E-state index is -0.578. The van der Waals surface area contributed by atoms with Gasteiger partial charge in [0, 0.05) is 18.4 Å². The summed E-state index contributed by atoms with van der Waals surface area (Å²) in [7, 11) is 0. The Morgan fingerprint density at radius 1 is 1.43 bits per heavy atom. The summed E-state index contributed by atoms with van der Waals surface area (Å²) in [5.41, 5.74) is 0.688. The first kappa shape index (κ1) is 8.55. The van der Waals surface area contributed by atoms with Crippen molar-refractivity contribution in [3.8, 4) is 0 Å². The minimum absolute atomic E-state index is 0.0578. The third kappa shape index (κ3) is 1.28. The van der Waals surface area contributed by atoms with Gasteiger partial charge in [-0.2, -0.15) is 0 Å². The Kier molecular flexibility index (Phi) is 1.85. The average molecular weight is 190 g/mol. The van der Waals surface area contributed by atoms with Gasteiger partial charge in [-0.1, -0.05) is 6.08 Å². The van der Waals surface area contributed by atoms with Crippen LogP contribution in [0.1, 0.15) is 0 Å². The Bertz CT molecular complexity index is 429. The first-order chi connectivity index (χ1) is 6.68. The van der Waals surface area contributed by atoms with Crippen molar-refractivity contribution in [3.63, 3.8) is 0 Å². The lowest BCUT2D eigenvalue weighted by molar-refractivity contribution is -0.419. The standard InChI is InChI=1S/C9H6N2O3/c12-9-8-5-7(11(13)14)2-1-6(8)3-4-10-9/h1-5,8H. The molecule has 0 aromatic carbocycles. The van der Waals surface area contributed by atoms with E-state index >= 15 is 0 Å². The predicted molar refractivity (Wildman–Crippen MR) is 49.3 cm³/mol. The molecule has 0 fully saturated rings. The molecular weight excluding hydrogens is 184 g/mol. The van der Waals surface area contributed by atoms with Crippen molar-refractivity contribution in [1.29, 1.82) is 0 Å². The van der Waals surface area contributed by atoms with Crippen molar-refractivity contribution >= 4 is 12.1 Å². The smallest absolute Gasteiger partial charge is 0.266 e. The number of carbonyl (C=O) groups is 1. The Hall–Kier alpha value is -2.04. The van der Waals surface area contributed by atoms with E-state index in [-0.39, 0.29) is 11.6 Å². The third-order valence-corrected chi connectivity index (χ3v) is 2.09. The quantitative estimate of drug-likeness (QED) is 0.455. The van der Waals surface area contributed by atoms with Crippen LogP contribution in [-0.4, -0.2) is 17.0 Å². The van der Waals surface area contributed by atoms with Gasteiger partial charge in [-0.05, 0) is 11.6 Å². The van der Waals surface area contributed by atoms with Crippen LogP contribution in [0.5, 0.6) is 0 Å². The van der Waals surface area contributed by atoms with E-state index < -0.39 is 10.8 Å². The molecule has 2 aliphatic rings. The Balaban J connectivity index is 2.40. The molecule has 0 radical (unpaired) electrons. The molecule has 0 aromatic rings. The number of fused-ring (bicyclic) bond motifs is 1. The van der Waals surface area contributed by atoms with E-state index in [0.29, 0.717) is 0 Å². The van der Waals surface area contributed by atoms with Crippen LogP contribution in [0.3, 0.4) is 0 Å². The number of amides is 1. The van der Waals surface area contributed by atoms with E-state index in [1.165, 1.54) is 18.4 Å². The Labute approximate surface area is 79.3 Å². The van der Waals surface area contributed by atoms with Gasteiger partial charge in [0.15, 0.2) is 0 Å². The average Bonchev–Trinajstić information content (AvgIpc) is 2.18. The van der Waals surface area contributed by atoms with E-state index in [1.54, 1.807) is 12.2 Å². The minimum Gasteiger partial charge on any atom is -0.272 e. The van der Waals surface area contributed by atoms with Gasteiger partial charge < -0.3 is 0 Å². The highest BCUT2D eigenvalue weighted by Crippen LogP contribution is 2.25. The SMILES string of the molecule is O=C1N=CC=C2C=CC([N+](=O)[O-])=CC12. The van der Waals surface area contributed by atoms with Gasteiger partial charge in [0.25, 0.3) is 11.6 Å². The second-order valence-electron chi connectivity index (χ2n) is 2.94. The number of allylic oxidation sites excluding steroid dienone is 3. The second kappa shape index (κ2) is 3.02. The van der Waals surface area contributed by atoms with Gasteiger partial charge in [-0.3, -0.25) is 14.9 Å². The lowest BCUT2D eigenvalue weighted by Crippen LogP contribution is -2.19. The number of nitrogens with zero attached hydrogens (tertiary/aromatic N) is 2. The van der Waals surface area contributed by atoms with Gasteiger partial charge in [-0.15, -0.1) is 0 Å². The van der Waals surface area contributed by atoms with Crippen LogP contribution in [0.15, 0.2) is 40.6 Å². The van der Waals surface area contributed by atoms with Crippen molar-refractivity contribution in [2.24, 2.45) is 10.9 Å². The van der Waals surface area contributed by atoms with Gasteiger partial charge >= 0.3 is 0 Å². The van der Waals surface area contributed by atoms with Crippen LogP contribution >= 0.6 is 0 Å². The highest BCUT2D eigenvalue weighted by molar-refractivity contribution is 5.97. The van der Waals surface area contributed by atoms with Crippen LogP contribution in [0.4, 0.5) is 0 Å². The van der Waals surface area contributed by atoms with Crippen LogP contribution in [0.2, 0.25) is 0 Å². The number of hydrogen-bond acceptors (Lipinski definition) is 3.